The highest BCUT2D eigenvalue weighted by Crippen LogP contribution is 2.29. The van der Waals surface area contributed by atoms with Crippen LogP contribution in [0.5, 0.6) is 0 Å². The summed E-state index contributed by atoms with van der Waals surface area (Å²) in [5.74, 6) is -0.0111. The first-order valence-corrected chi connectivity index (χ1v) is 10.3. The number of benzene rings is 2. The van der Waals surface area contributed by atoms with Gasteiger partial charge in [-0.15, -0.1) is 0 Å². The van der Waals surface area contributed by atoms with Gasteiger partial charge in [0.25, 0.3) is 5.91 Å². The van der Waals surface area contributed by atoms with E-state index in [0.717, 1.165) is 41.3 Å². The van der Waals surface area contributed by atoms with Gasteiger partial charge in [0.1, 0.15) is 0 Å². The molecule has 1 aliphatic heterocycles. The van der Waals surface area contributed by atoms with Gasteiger partial charge in [0.15, 0.2) is 0 Å². The summed E-state index contributed by atoms with van der Waals surface area (Å²) in [6.07, 6.45) is 1.02. The van der Waals surface area contributed by atoms with Gasteiger partial charge in [-0.1, -0.05) is 34.9 Å². The van der Waals surface area contributed by atoms with Crippen molar-refractivity contribution in [1.29, 1.82) is 0 Å². The highest BCUT2D eigenvalue weighted by Gasteiger charge is 2.24. The molecule has 2 amide bonds. The van der Waals surface area contributed by atoms with Crippen molar-refractivity contribution in [2.24, 2.45) is 5.92 Å². The fourth-order valence-corrected chi connectivity index (χ4v) is 4.00. The van der Waals surface area contributed by atoms with E-state index in [9.17, 15) is 9.59 Å². The van der Waals surface area contributed by atoms with Gasteiger partial charge in [-0.05, 0) is 62.9 Å². The summed E-state index contributed by atoms with van der Waals surface area (Å²) in [7, 11) is 0. The lowest BCUT2D eigenvalue weighted by atomic mass is 10.1. The molecule has 0 bridgehead atoms. The summed E-state index contributed by atoms with van der Waals surface area (Å²) in [5.41, 5.74) is 5.00. The highest BCUT2D eigenvalue weighted by atomic mass is 35.5. The minimum absolute atomic E-state index is 0.0182. The molecule has 0 aromatic heterocycles. The molecule has 0 radical (unpaired) electrons. The number of amides is 2. The Labute approximate surface area is 177 Å². The topological polar surface area (TPSA) is 61.4 Å². The van der Waals surface area contributed by atoms with Crippen LogP contribution in [-0.4, -0.2) is 38.0 Å². The predicted octanol–water partition coefficient (Wildman–Crippen LogP) is 3.64. The van der Waals surface area contributed by atoms with Crippen LogP contribution in [0.15, 0.2) is 36.4 Å². The molecule has 1 heterocycles. The van der Waals surface area contributed by atoms with Crippen molar-refractivity contribution >= 4 is 29.1 Å². The van der Waals surface area contributed by atoms with E-state index in [2.05, 4.69) is 22.5 Å². The number of carbonyl (C=O) groups is 2. The van der Waals surface area contributed by atoms with Crippen LogP contribution < -0.4 is 15.5 Å². The van der Waals surface area contributed by atoms with Crippen molar-refractivity contribution in [2.75, 3.05) is 31.1 Å². The van der Waals surface area contributed by atoms with E-state index in [-0.39, 0.29) is 18.4 Å². The van der Waals surface area contributed by atoms with Gasteiger partial charge in [0.2, 0.25) is 5.91 Å². The van der Waals surface area contributed by atoms with Crippen molar-refractivity contribution in [3.63, 3.8) is 0 Å². The Morgan fingerprint density at radius 3 is 2.52 bits per heavy atom. The Morgan fingerprint density at radius 2 is 1.79 bits per heavy atom. The Bertz CT molecular complexity index is 893. The lowest BCUT2D eigenvalue weighted by Crippen LogP contribution is -2.39. The molecule has 3 rings (SSSR count). The lowest BCUT2D eigenvalue weighted by Gasteiger charge is -2.21. The molecule has 154 valence electrons. The van der Waals surface area contributed by atoms with Gasteiger partial charge >= 0.3 is 0 Å². The minimum Gasteiger partial charge on any atom is -0.371 e. The van der Waals surface area contributed by atoms with Crippen molar-refractivity contribution in [3.05, 3.63) is 63.7 Å². The van der Waals surface area contributed by atoms with Crippen molar-refractivity contribution in [3.8, 4) is 0 Å². The van der Waals surface area contributed by atoms with Gasteiger partial charge in [0.05, 0.1) is 6.54 Å². The Balaban J connectivity index is 1.44. The number of aryl methyl sites for hydroxylation is 3. The van der Waals surface area contributed by atoms with E-state index in [0.29, 0.717) is 18.0 Å². The summed E-state index contributed by atoms with van der Waals surface area (Å²) in [5, 5.41) is 6.38. The molecule has 1 atom stereocenters. The average molecular weight is 414 g/mol. The quantitative estimate of drug-likeness (QED) is 0.760. The van der Waals surface area contributed by atoms with Gasteiger partial charge in [-0.2, -0.15) is 0 Å². The monoisotopic (exact) mass is 413 g/mol. The molecule has 2 aromatic rings. The zero-order valence-electron chi connectivity index (χ0n) is 17.2. The van der Waals surface area contributed by atoms with Gasteiger partial charge in [-0.25, -0.2) is 0 Å². The molecule has 29 heavy (non-hydrogen) atoms. The van der Waals surface area contributed by atoms with Crippen LogP contribution in [0.25, 0.3) is 0 Å². The molecule has 1 fully saturated rings. The lowest BCUT2D eigenvalue weighted by molar-refractivity contribution is -0.120. The zero-order valence-corrected chi connectivity index (χ0v) is 18.0. The minimum atomic E-state index is -0.226. The van der Waals surface area contributed by atoms with Crippen molar-refractivity contribution in [2.45, 2.75) is 27.2 Å². The maximum absolute atomic E-state index is 12.3. The highest BCUT2D eigenvalue weighted by molar-refractivity contribution is 6.30. The maximum Gasteiger partial charge on any atom is 0.251 e. The Hall–Kier alpha value is -2.53. The first-order valence-electron chi connectivity index (χ1n) is 9.96. The molecular weight excluding hydrogens is 386 g/mol. The standard InChI is InChI=1S/C23H28ClN3O2/c1-15-8-16(2)10-19(9-15)23(29)26-13-22(28)25-12-18-6-7-27(14-18)21-11-20(24)5-4-17(21)3/h4-5,8-11,18H,6-7,12-14H2,1-3H3,(H,25,28)(H,26,29). The van der Waals surface area contributed by atoms with E-state index in [1.54, 1.807) is 0 Å². The molecule has 6 heteroatoms. The number of carbonyl (C=O) groups excluding carboxylic acids is 2. The van der Waals surface area contributed by atoms with E-state index in [4.69, 9.17) is 11.6 Å². The fraction of sp³-hybridized carbons (Fsp3) is 0.391. The van der Waals surface area contributed by atoms with Crippen LogP contribution in [-0.2, 0) is 4.79 Å². The maximum atomic E-state index is 12.3. The fourth-order valence-electron chi connectivity index (χ4n) is 3.83. The Kier molecular flexibility index (Phi) is 6.80. The summed E-state index contributed by atoms with van der Waals surface area (Å²) >= 11 is 6.14. The second-order valence-electron chi connectivity index (χ2n) is 7.89. The third-order valence-corrected chi connectivity index (χ3v) is 5.51. The van der Waals surface area contributed by atoms with E-state index < -0.39 is 0 Å². The number of rotatable bonds is 6. The SMILES string of the molecule is Cc1cc(C)cc(C(=O)NCC(=O)NCC2CCN(c3cc(Cl)ccc3C)C2)c1. The van der Waals surface area contributed by atoms with Crippen LogP contribution in [0.1, 0.15) is 33.5 Å². The van der Waals surface area contributed by atoms with Gasteiger partial charge in [-0.3, -0.25) is 9.59 Å². The number of hydrogen-bond acceptors (Lipinski definition) is 3. The third kappa shape index (κ3) is 5.73. The second kappa shape index (κ2) is 9.31. The molecule has 0 spiro atoms. The first kappa shape index (κ1) is 21.2. The number of hydrogen-bond donors (Lipinski definition) is 2. The van der Waals surface area contributed by atoms with E-state index in [1.165, 1.54) is 5.56 Å². The molecule has 1 unspecified atom stereocenters. The number of nitrogens with zero attached hydrogens (tertiary/aromatic N) is 1. The molecule has 2 N–H and O–H groups in total. The molecular formula is C23H28ClN3O2. The van der Waals surface area contributed by atoms with E-state index >= 15 is 0 Å². The normalized spacial score (nSPS) is 16.0. The van der Waals surface area contributed by atoms with Gasteiger partial charge < -0.3 is 15.5 Å². The number of anilines is 1. The average Bonchev–Trinajstić information content (AvgIpc) is 3.14. The van der Waals surface area contributed by atoms with Crippen LogP contribution in [0, 0.1) is 26.7 Å². The smallest absolute Gasteiger partial charge is 0.251 e. The van der Waals surface area contributed by atoms with Crippen LogP contribution in [0.2, 0.25) is 5.02 Å². The number of halogens is 1. The predicted molar refractivity (Wildman–Crippen MR) is 118 cm³/mol. The number of nitrogens with one attached hydrogen (secondary N) is 2. The van der Waals surface area contributed by atoms with Crippen LogP contribution >= 0.6 is 11.6 Å². The molecule has 5 nitrogen and oxygen atoms in total. The molecule has 0 saturated carbocycles. The van der Waals surface area contributed by atoms with E-state index in [1.807, 2.05) is 50.2 Å². The summed E-state index contributed by atoms with van der Waals surface area (Å²) in [6.45, 7) is 8.41. The largest absolute Gasteiger partial charge is 0.371 e. The van der Waals surface area contributed by atoms with Crippen LogP contribution in [0.3, 0.4) is 0 Å². The van der Waals surface area contributed by atoms with Crippen molar-refractivity contribution < 1.29 is 9.59 Å². The molecule has 1 saturated heterocycles. The summed E-state index contributed by atoms with van der Waals surface area (Å²) < 4.78 is 0. The molecule has 0 aliphatic carbocycles. The molecule has 1 aliphatic rings. The second-order valence-corrected chi connectivity index (χ2v) is 8.33. The summed E-state index contributed by atoms with van der Waals surface area (Å²) in [4.78, 5) is 26.7. The summed E-state index contributed by atoms with van der Waals surface area (Å²) in [6, 6.07) is 11.6. The Morgan fingerprint density at radius 1 is 1.07 bits per heavy atom. The zero-order chi connectivity index (χ0) is 21.0. The van der Waals surface area contributed by atoms with Crippen LogP contribution in [0.4, 0.5) is 5.69 Å². The molecule has 2 aromatic carbocycles. The first-order chi connectivity index (χ1) is 13.8. The van der Waals surface area contributed by atoms with Crippen molar-refractivity contribution in [1.82, 2.24) is 10.6 Å². The third-order valence-electron chi connectivity index (χ3n) is 5.28. The van der Waals surface area contributed by atoms with Gasteiger partial charge in [0, 0.05) is 35.9 Å².